The van der Waals surface area contributed by atoms with Crippen molar-refractivity contribution in [3.63, 3.8) is 0 Å². The van der Waals surface area contributed by atoms with E-state index in [4.69, 9.17) is 5.11 Å². The number of hydrogen-bond acceptors (Lipinski definition) is 2. The van der Waals surface area contributed by atoms with Crippen LogP contribution in [0.2, 0.25) is 0 Å². The fourth-order valence-corrected chi connectivity index (χ4v) is 0.886. The maximum Gasteiger partial charge on any atom is 0.136 e. The number of aromatic nitrogens is 1. The van der Waals surface area contributed by atoms with Gasteiger partial charge in [0.2, 0.25) is 0 Å². The number of aromatic hydroxyl groups is 1. The van der Waals surface area contributed by atoms with E-state index in [2.05, 4.69) is 18.8 Å². The van der Waals surface area contributed by atoms with Crippen LogP contribution in [0.25, 0.3) is 0 Å². The van der Waals surface area contributed by atoms with Crippen LogP contribution in [0.1, 0.15) is 31.0 Å². The quantitative estimate of drug-likeness (QED) is 0.667. The molecule has 1 heterocycles. The molecule has 0 amide bonds. The van der Waals surface area contributed by atoms with Crippen molar-refractivity contribution in [2.24, 2.45) is 0 Å². The van der Waals surface area contributed by atoms with Gasteiger partial charge in [0.05, 0.1) is 6.20 Å². The van der Waals surface area contributed by atoms with E-state index in [1.54, 1.807) is 0 Å². The van der Waals surface area contributed by atoms with Gasteiger partial charge in [0.15, 0.2) is 0 Å². The number of rotatable bonds is 1. The van der Waals surface area contributed by atoms with Gasteiger partial charge in [-0.3, -0.25) is 4.98 Å². The van der Waals surface area contributed by atoms with Crippen molar-refractivity contribution < 1.29 is 5.11 Å². The van der Waals surface area contributed by atoms with Crippen LogP contribution in [0.4, 0.5) is 0 Å². The third kappa shape index (κ3) is 1.70. The zero-order chi connectivity index (χ0) is 8.43. The Morgan fingerprint density at radius 2 is 2.09 bits per heavy atom. The number of pyridine rings is 1. The minimum absolute atomic E-state index is 0.273. The van der Waals surface area contributed by atoms with Crippen LogP contribution in [-0.2, 0) is 0 Å². The van der Waals surface area contributed by atoms with Crippen molar-refractivity contribution >= 4 is 0 Å². The molecule has 0 radical (unpaired) electrons. The average molecular weight is 151 g/mol. The Morgan fingerprint density at radius 1 is 1.45 bits per heavy atom. The maximum atomic E-state index is 9.16. The normalized spacial score (nSPS) is 10.5. The van der Waals surface area contributed by atoms with Gasteiger partial charge in [0.1, 0.15) is 5.75 Å². The fraction of sp³-hybridized carbons (Fsp3) is 0.444. The number of hydrogen-bond donors (Lipinski definition) is 1. The molecule has 2 heteroatoms. The van der Waals surface area contributed by atoms with Gasteiger partial charge in [-0.1, -0.05) is 13.8 Å². The lowest BCUT2D eigenvalue weighted by Crippen LogP contribution is -1.92. The van der Waals surface area contributed by atoms with Crippen LogP contribution in [-0.4, -0.2) is 10.1 Å². The molecule has 0 bridgehead atoms. The molecule has 0 aromatic carbocycles. The molecule has 0 fully saturated rings. The number of nitrogens with zero attached hydrogens (tertiary/aromatic N) is 1. The molecule has 0 aliphatic heterocycles. The molecule has 1 aromatic heterocycles. The summed E-state index contributed by atoms with van der Waals surface area (Å²) in [4.78, 5) is 4.09. The second-order valence-corrected chi connectivity index (χ2v) is 3.05. The first kappa shape index (κ1) is 8.05. The van der Waals surface area contributed by atoms with E-state index in [1.807, 2.05) is 13.0 Å². The van der Waals surface area contributed by atoms with Gasteiger partial charge in [-0.2, -0.15) is 0 Å². The van der Waals surface area contributed by atoms with E-state index in [1.165, 1.54) is 6.20 Å². The molecule has 1 rings (SSSR count). The van der Waals surface area contributed by atoms with Gasteiger partial charge in [0, 0.05) is 5.69 Å². The topological polar surface area (TPSA) is 33.1 Å². The lowest BCUT2D eigenvalue weighted by molar-refractivity contribution is 0.467. The molecule has 11 heavy (non-hydrogen) atoms. The molecular weight excluding hydrogens is 138 g/mol. The first-order valence-corrected chi connectivity index (χ1v) is 3.76. The van der Waals surface area contributed by atoms with Crippen molar-refractivity contribution in [3.05, 3.63) is 23.5 Å². The molecule has 0 unspecified atom stereocenters. The van der Waals surface area contributed by atoms with Crippen LogP contribution in [0.5, 0.6) is 5.75 Å². The Hall–Kier alpha value is -1.05. The molecule has 0 aliphatic rings. The molecule has 1 N–H and O–H groups in total. The Kier molecular flexibility index (Phi) is 2.13. The van der Waals surface area contributed by atoms with Crippen LogP contribution in [0.15, 0.2) is 12.3 Å². The Labute approximate surface area is 66.9 Å². The van der Waals surface area contributed by atoms with Crippen LogP contribution < -0.4 is 0 Å². The van der Waals surface area contributed by atoms with Crippen LogP contribution in [0, 0.1) is 6.92 Å². The van der Waals surface area contributed by atoms with E-state index >= 15 is 0 Å². The summed E-state index contributed by atoms with van der Waals surface area (Å²) in [5.74, 6) is 0.698. The summed E-state index contributed by atoms with van der Waals surface area (Å²) < 4.78 is 0. The largest absolute Gasteiger partial charge is 0.506 e. The van der Waals surface area contributed by atoms with Gasteiger partial charge in [-0.25, -0.2) is 0 Å². The fourth-order valence-electron chi connectivity index (χ4n) is 0.886. The zero-order valence-corrected chi connectivity index (χ0v) is 7.13. The third-order valence-electron chi connectivity index (χ3n) is 1.70. The molecule has 0 aliphatic carbocycles. The first-order valence-electron chi connectivity index (χ1n) is 3.76. The van der Waals surface area contributed by atoms with Crippen molar-refractivity contribution in [1.82, 2.24) is 4.98 Å². The zero-order valence-electron chi connectivity index (χ0n) is 7.13. The standard InChI is InChI=1S/C9H13NO/c1-6(2)8-4-7(3)9(11)5-10-8/h4-6,11H,1-3H3. The summed E-state index contributed by atoms with van der Waals surface area (Å²) in [5, 5.41) is 9.16. The van der Waals surface area contributed by atoms with Gasteiger partial charge in [-0.05, 0) is 24.5 Å². The summed E-state index contributed by atoms with van der Waals surface area (Å²) in [5.41, 5.74) is 1.92. The highest BCUT2D eigenvalue weighted by Gasteiger charge is 2.02. The molecule has 0 atom stereocenters. The predicted molar refractivity (Wildman–Crippen MR) is 44.7 cm³/mol. The molecular formula is C9H13NO. The highest BCUT2D eigenvalue weighted by atomic mass is 16.3. The van der Waals surface area contributed by atoms with Crippen molar-refractivity contribution in [3.8, 4) is 5.75 Å². The Bertz CT molecular complexity index is 256. The van der Waals surface area contributed by atoms with E-state index in [9.17, 15) is 0 Å². The van der Waals surface area contributed by atoms with E-state index in [-0.39, 0.29) is 5.75 Å². The molecule has 0 saturated carbocycles. The highest BCUT2D eigenvalue weighted by Crippen LogP contribution is 2.18. The van der Waals surface area contributed by atoms with Crippen molar-refractivity contribution in [2.45, 2.75) is 26.7 Å². The summed E-state index contributed by atoms with van der Waals surface area (Å²) in [7, 11) is 0. The van der Waals surface area contributed by atoms with Gasteiger partial charge in [-0.15, -0.1) is 0 Å². The third-order valence-corrected chi connectivity index (χ3v) is 1.70. The van der Waals surface area contributed by atoms with Crippen molar-refractivity contribution in [1.29, 1.82) is 0 Å². The average Bonchev–Trinajstić information content (AvgIpc) is 1.94. The van der Waals surface area contributed by atoms with Crippen LogP contribution >= 0.6 is 0 Å². The van der Waals surface area contributed by atoms with E-state index < -0.39 is 0 Å². The summed E-state index contributed by atoms with van der Waals surface area (Å²) >= 11 is 0. The minimum atomic E-state index is 0.273. The molecule has 1 aromatic rings. The minimum Gasteiger partial charge on any atom is -0.506 e. The van der Waals surface area contributed by atoms with Gasteiger partial charge >= 0.3 is 0 Å². The van der Waals surface area contributed by atoms with Gasteiger partial charge < -0.3 is 5.11 Å². The number of aryl methyl sites for hydroxylation is 1. The molecule has 2 nitrogen and oxygen atoms in total. The lowest BCUT2D eigenvalue weighted by Gasteiger charge is -2.05. The summed E-state index contributed by atoms with van der Waals surface area (Å²) in [6.45, 7) is 6.04. The maximum absolute atomic E-state index is 9.16. The van der Waals surface area contributed by atoms with E-state index in [0.29, 0.717) is 5.92 Å². The highest BCUT2D eigenvalue weighted by molar-refractivity contribution is 5.30. The molecule has 0 saturated heterocycles. The SMILES string of the molecule is Cc1cc(C(C)C)ncc1O. The van der Waals surface area contributed by atoms with Crippen molar-refractivity contribution in [2.75, 3.05) is 0 Å². The Morgan fingerprint density at radius 3 is 2.55 bits per heavy atom. The summed E-state index contributed by atoms with van der Waals surface area (Å²) in [6, 6.07) is 1.92. The van der Waals surface area contributed by atoms with Crippen LogP contribution in [0.3, 0.4) is 0 Å². The molecule has 0 spiro atoms. The predicted octanol–water partition coefficient (Wildman–Crippen LogP) is 2.22. The second kappa shape index (κ2) is 2.91. The monoisotopic (exact) mass is 151 g/mol. The smallest absolute Gasteiger partial charge is 0.136 e. The van der Waals surface area contributed by atoms with E-state index in [0.717, 1.165) is 11.3 Å². The Balaban J connectivity index is 3.05. The molecule has 60 valence electrons. The second-order valence-electron chi connectivity index (χ2n) is 3.05. The first-order chi connectivity index (χ1) is 5.11. The summed E-state index contributed by atoms with van der Waals surface area (Å²) in [6.07, 6.45) is 1.50. The van der Waals surface area contributed by atoms with Gasteiger partial charge in [0.25, 0.3) is 0 Å². The lowest BCUT2D eigenvalue weighted by atomic mass is 10.1.